The van der Waals surface area contributed by atoms with Crippen molar-refractivity contribution < 1.29 is 13.2 Å². The van der Waals surface area contributed by atoms with E-state index in [-0.39, 0.29) is 11.7 Å². The molecule has 0 aliphatic carbocycles. The minimum absolute atomic E-state index is 0.0411. The number of nitrogens with one attached hydrogen (secondary N) is 2. The Labute approximate surface area is 130 Å². The van der Waals surface area contributed by atoms with E-state index in [9.17, 15) is 13.2 Å². The van der Waals surface area contributed by atoms with Crippen LogP contribution in [0.2, 0.25) is 0 Å². The van der Waals surface area contributed by atoms with E-state index in [1.54, 1.807) is 30.8 Å². The molecule has 0 saturated carbocycles. The molecule has 0 spiro atoms. The van der Waals surface area contributed by atoms with Gasteiger partial charge in [0, 0.05) is 5.69 Å². The number of carbonyl (C=O) groups excluding carboxylic acids is 1. The van der Waals surface area contributed by atoms with Crippen molar-refractivity contribution in [1.29, 1.82) is 0 Å². The molecule has 21 heavy (non-hydrogen) atoms. The van der Waals surface area contributed by atoms with Crippen molar-refractivity contribution in [1.82, 2.24) is 4.72 Å². The zero-order valence-electron chi connectivity index (χ0n) is 12.5. The molecule has 2 N–H and O–H groups in total. The second-order valence-corrected chi connectivity index (χ2v) is 7.74. The summed E-state index contributed by atoms with van der Waals surface area (Å²) in [4.78, 5) is 12.2. The number of aryl methyl sites for hydroxylation is 1. The second-order valence-electron chi connectivity index (χ2n) is 4.71. The highest BCUT2D eigenvalue weighted by Gasteiger charge is 2.23. The Morgan fingerprint density at radius 2 is 1.90 bits per heavy atom. The molecule has 0 aromatic heterocycles. The Morgan fingerprint density at radius 1 is 1.29 bits per heavy atom. The van der Waals surface area contributed by atoms with Crippen molar-refractivity contribution >= 4 is 33.4 Å². The fourth-order valence-electron chi connectivity index (χ4n) is 1.65. The van der Waals surface area contributed by atoms with Gasteiger partial charge >= 0.3 is 0 Å². The number of benzene rings is 1. The summed E-state index contributed by atoms with van der Waals surface area (Å²) in [6.07, 6.45) is 2.38. The van der Waals surface area contributed by atoms with Gasteiger partial charge in [0.15, 0.2) is 0 Å². The van der Waals surface area contributed by atoms with E-state index in [2.05, 4.69) is 10.0 Å². The van der Waals surface area contributed by atoms with Gasteiger partial charge in [-0.15, -0.1) is 0 Å². The molecule has 1 atom stereocenters. The van der Waals surface area contributed by atoms with Gasteiger partial charge in [0.1, 0.15) is 6.04 Å². The van der Waals surface area contributed by atoms with E-state index in [4.69, 9.17) is 0 Å². The minimum atomic E-state index is -3.41. The van der Waals surface area contributed by atoms with Crippen molar-refractivity contribution in [2.24, 2.45) is 0 Å². The van der Waals surface area contributed by atoms with Crippen molar-refractivity contribution in [2.45, 2.75) is 26.3 Å². The summed E-state index contributed by atoms with van der Waals surface area (Å²) >= 11 is 1.57. The minimum Gasteiger partial charge on any atom is -0.325 e. The summed E-state index contributed by atoms with van der Waals surface area (Å²) in [5.41, 5.74) is 1.76. The number of hydrogen-bond donors (Lipinski definition) is 2. The number of carbonyl (C=O) groups is 1. The SMILES string of the molecule is CCS(=O)(=O)NC(CCSC)C(=O)Nc1ccc(C)cc1. The number of thioether (sulfide) groups is 1. The highest BCUT2D eigenvalue weighted by atomic mass is 32.2. The highest BCUT2D eigenvalue weighted by molar-refractivity contribution is 7.98. The van der Waals surface area contributed by atoms with E-state index in [1.807, 2.05) is 25.3 Å². The molecule has 1 unspecified atom stereocenters. The smallest absolute Gasteiger partial charge is 0.242 e. The molecule has 0 aliphatic heterocycles. The van der Waals surface area contributed by atoms with Gasteiger partial charge in [0.05, 0.1) is 5.75 Å². The predicted octanol–water partition coefficient (Wildman–Crippen LogP) is 1.99. The summed E-state index contributed by atoms with van der Waals surface area (Å²) in [5, 5.41) is 2.75. The van der Waals surface area contributed by atoms with Gasteiger partial charge in [-0.1, -0.05) is 17.7 Å². The molecule has 1 aromatic carbocycles. The van der Waals surface area contributed by atoms with Crippen molar-refractivity contribution in [3.05, 3.63) is 29.8 Å². The fraction of sp³-hybridized carbons (Fsp3) is 0.500. The van der Waals surface area contributed by atoms with E-state index < -0.39 is 16.1 Å². The maximum absolute atomic E-state index is 12.2. The Balaban J connectivity index is 2.77. The first-order chi connectivity index (χ1) is 9.88. The highest BCUT2D eigenvalue weighted by Crippen LogP contribution is 2.11. The standard InChI is InChI=1S/C14H22N2O3S2/c1-4-21(18,19)16-13(9-10-20-3)14(17)15-12-7-5-11(2)6-8-12/h5-8,13,16H,4,9-10H2,1-3H3,(H,15,17). The molecule has 0 bridgehead atoms. The lowest BCUT2D eigenvalue weighted by atomic mass is 10.2. The number of amides is 1. The van der Waals surface area contributed by atoms with Gasteiger partial charge < -0.3 is 5.32 Å². The lowest BCUT2D eigenvalue weighted by molar-refractivity contribution is -0.117. The summed E-state index contributed by atoms with van der Waals surface area (Å²) in [5.74, 6) is 0.337. The first-order valence-corrected chi connectivity index (χ1v) is 9.79. The summed E-state index contributed by atoms with van der Waals surface area (Å²) in [7, 11) is -3.41. The van der Waals surface area contributed by atoms with Crippen molar-refractivity contribution in [3.63, 3.8) is 0 Å². The lowest BCUT2D eigenvalue weighted by Gasteiger charge is -2.17. The molecule has 7 heteroatoms. The van der Waals surface area contributed by atoms with Crippen LogP contribution < -0.4 is 10.0 Å². The lowest BCUT2D eigenvalue weighted by Crippen LogP contribution is -2.44. The van der Waals surface area contributed by atoms with Crippen LogP contribution in [-0.4, -0.2) is 38.1 Å². The molecule has 0 heterocycles. The van der Waals surface area contributed by atoms with Gasteiger partial charge in [0.25, 0.3) is 0 Å². The van der Waals surface area contributed by atoms with E-state index in [0.717, 1.165) is 5.56 Å². The quantitative estimate of drug-likeness (QED) is 0.764. The molecule has 0 fully saturated rings. The van der Waals surface area contributed by atoms with Crippen LogP contribution in [0.25, 0.3) is 0 Å². The number of hydrogen-bond acceptors (Lipinski definition) is 4. The molecule has 1 amide bonds. The predicted molar refractivity (Wildman–Crippen MR) is 89.2 cm³/mol. The van der Waals surface area contributed by atoms with Gasteiger partial charge in [-0.2, -0.15) is 11.8 Å². The maximum atomic E-state index is 12.2. The van der Waals surface area contributed by atoms with Crippen molar-refractivity contribution in [2.75, 3.05) is 23.1 Å². The molecule has 118 valence electrons. The largest absolute Gasteiger partial charge is 0.325 e. The van der Waals surface area contributed by atoms with Crippen LogP contribution in [0.5, 0.6) is 0 Å². The Bertz CT molecular complexity index is 556. The monoisotopic (exact) mass is 330 g/mol. The zero-order valence-corrected chi connectivity index (χ0v) is 14.2. The third-order valence-corrected chi connectivity index (χ3v) is 5.00. The zero-order chi connectivity index (χ0) is 15.9. The van der Waals surface area contributed by atoms with Crippen LogP contribution in [0, 0.1) is 6.92 Å². The summed E-state index contributed by atoms with van der Waals surface area (Å²) in [6, 6.07) is 6.63. The Kier molecular flexibility index (Phi) is 7.21. The topological polar surface area (TPSA) is 75.3 Å². The number of sulfonamides is 1. The van der Waals surface area contributed by atoms with Crippen LogP contribution in [0.3, 0.4) is 0 Å². The van der Waals surface area contributed by atoms with E-state index in [0.29, 0.717) is 17.9 Å². The van der Waals surface area contributed by atoms with Gasteiger partial charge in [0.2, 0.25) is 15.9 Å². The maximum Gasteiger partial charge on any atom is 0.242 e. The average molecular weight is 330 g/mol. The molecule has 0 aliphatic rings. The third-order valence-electron chi connectivity index (χ3n) is 2.95. The van der Waals surface area contributed by atoms with Crippen LogP contribution in [0.15, 0.2) is 24.3 Å². The normalized spacial score (nSPS) is 12.9. The first-order valence-electron chi connectivity index (χ1n) is 6.74. The third kappa shape index (κ3) is 6.50. The fourth-order valence-corrected chi connectivity index (χ4v) is 2.94. The number of rotatable bonds is 8. The van der Waals surface area contributed by atoms with Crippen LogP contribution in [-0.2, 0) is 14.8 Å². The van der Waals surface area contributed by atoms with Gasteiger partial charge in [-0.05, 0) is 44.4 Å². The number of anilines is 1. The van der Waals surface area contributed by atoms with Crippen LogP contribution in [0.1, 0.15) is 18.9 Å². The first kappa shape index (κ1) is 18.0. The van der Waals surface area contributed by atoms with Gasteiger partial charge in [-0.3, -0.25) is 4.79 Å². The summed E-state index contributed by atoms with van der Waals surface area (Å²) in [6.45, 7) is 3.51. The van der Waals surface area contributed by atoms with Crippen molar-refractivity contribution in [3.8, 4) is 0 Å². The Hall–Kier alpha value is -1.05. The molecule has 0 radical (unpaired) electrons. The summed E-state index contributed by atoms with van der Waals surface area (Å²) < 4.78 is 25.8. The molecule has 1 rings (SSSR count). The van der Waals surface area contributed by atoms with Crippen LogP contribution in [0.4, 0.5) is 5.69 Å². The molecule has 0 saturated heterocycles. The van der Waals surface area contributed by atoms with E-state index >= 15 is 0 Å². The van der Waals surface area contributed by atoms with Crippen LogP contribution >= 0.6 is 11.8 Å². The van der Waals surface area contributed by atoms with E-state index in [1.165, 1.54) is 0 Å². The van der Waals surface area contributed by atoms with Gasteiger partial charge in [-0.25, -0.2) is 13.1 Å². The molecule has 5 nitrogen and oxygen atoms in total. The molecular weight excluding hydrogens is 308 g/mol. The molecule has 1 aromatic rings. The molecular formula is C14H22N2O3S2. The average Bonchev–Trinajstić information content (AvgIpc) is 2.45. The Morgan fingerprint density at radius 3 is 2.43 bits per heavy atom. The second kappa shape index (κ2) is 8.41.